The van der Waals surface area contributed by atoms with Gasteiger partial charge in [-0.25, -0.2) is 0 Å². The summed E-state index contributed by atoms with van der Waals surface area (Å²) < 4.78 is 0. The summed E-state index contributed by atoms with van der Waals surface area (Å²) in [6.45, 7) is 4.05. The van der Waals surface area contributed by atoms with Crippen LogP contribution in [-0.2, 0) is 14.4 Å². The van der Waals surface area contributed by atoms with Crippen LogP contribution >= 0.6 is 0 Å². The average molecular weight is 333 g/mol. The smallest absolute Gasteiger partial charge is 0.248 e. The molecule has 2 fully saturated rings. The zero-order valence-electron chi connectivity index (χ0n) is 14.1. The summed E-state index contributed by atoms with van der Waals surface area (Å²) in [6, 6.07) is 0. The van der Waals surface area contributed by atoms with Gasteiger partial charge in [0.1, 0.15) is 5.82 Å². The Kier molecular flexibility index (Phi) is 4.38. The number of carbonyl (C=O) groups is 3. The van der Waals surface area contributed by atoms with Gasteiger partial charge in [0.15, 0.2) is 0 Å². The molecule has 1 aliphatic carbocycles. The van der Waals surface area contributed by atoms with Crippen molar-refractivity contribution < 1.29 is 14.4 Å². The largest absolute Gasteiger partial charge is 0.293 e. The lowest BCUT2D eigenvalue weighted by molar-refractivity contribution is -0.141. The van der Waals surface area contributed by atoms with E-state index in [9.17, 15) is 14.4 Å². The lowest BCUT2D eigenvalue weighted by Gasteiger charge is -2.20. The summed E-state index contributed by atoms with van der Waals surface area (Å²) in [7, 11) is 0. The number of hydrogen-bond donors (Lipinski definition) is 2. The highest BCUT2D eigenvalue weighted by Crippen LogP contribution is 2.46. The van der Waals surface area contributed by atoms with Gasteiger partial charge in [-0.3, -0.25) is 29.7 Å². The maximum absolute atomic E-state index is 12.5. The Bertz CT molecular complexity index is 660. The number of amides is 3. The Morgan fingerprint density at radius 1 is 1.33 bits per heavy atom. The van der Waals surface area contributed by atoms with E-state index < -0.39 is 5.41 Å². The molecule has 2 aliphatic rings. The summed E-state index contributed by atoms with van der Waals surface area (Å²) in [5, 5.41) is 9.28. The molecule has 1 aliphatic heterocycles. The molecule has 0 unspecified atom stereocenters. The molecular formula is C16H23N5O3. The third-order valence-electron chi connectivity index (χ3n) is 4.91. The molecule has 8 nitrogen and oxygen atoms in total. The molecule has 1 spiro atoms. The lowest BCUT2D eigenvalue weighted by Crippen LogP contribution is -2.36. The SMILES string of the molecule is CC(C)c1nc(NC(=O)CCN2C(=O)CC3(CCCC3)C2=O)n[nH]1. The summed E-state index contributed by atoms with van der Waals surface area (Å²) >= 11 is 0. The van der Waals surface area contributed by atoms with Crippen LogP contribution in [0.4, 0.5) is 5.95 Å². The molecular weight excluding hydrogens is 310 g/mol. The Balaban J connectivity index is 1.54. The molecule has 8 heteroatoms. The maximum atomic E-state index is 12.5. The van der Waals surface area contributed by atoms with Gasteiger partial charge in [0.2, 0.25) is 23.7 Å². The van der Waals surface area contributed by atoms with E-state index in [1.807, 2.05) is 13.8 Å². The molecule has 2 N–H and O–H groups in total. The van der Waals surface area contributed by atoms with Crippen LogP contribution in [-0.4, -0.2) is 44.3 Å². The molecule has 0 bridgehead atoms. The molecule has 3 rings (SSSR count). The standard InChI is InChI=1S/C16H23N5O3/c1-10(2)13-18-15(20-19-13)17-11(22)5-8-21-12(23)9-16(14(21)24)6-3-4-7-16/h10H,3-9H2,1-2H3,(H2,17,18,19,20,22). The van der Waals surface area contributed by atoms with E-state index in [1.54, 1.807) is 0 Å². The fraction of sp³-hybridized carbons (Fsp3) is 0.688. The van der Waals surface area contributed by atoms with Crippen LogP contribution in [0.5, 0.6) is 0 Å². The van der Waals surface area contributed by atoms with Gasteiger partial charge in [0.05, 0.1) is 5.41 Å². The number of likely N-dealkylation sites (tertiary alicyclic amines) is 1. The number of rotatable bonds is 5. The topological polar surface area (TPSA) is 108 Å². The van der Waals surface area contributed by atoms with Gasteiger partial charge in [-0.1, -0.05) is 26.7 Å². The normalized spacial score (nSPS) is 19.7. The second-order valence-corrected chi connectivity index (χ2v) is 7.01. The third-order valence-corrected chi connectivity index (χ3v) is 4.91. The van der Waals surface area contributed by atoms with Crippen LogP contribution in [0.15, 0.2) is 0 Å². The Hall–Kier alpha value is -2.25. The summed E-state index contributed by atoms with van der Waals surface area (Å²) in [6.07, 6.45) is 3.92. The molecule has 2 heterocycles. The Morgan fingerprint density at radius 2 is 2.04 bits per heavy atom. The number of nitrogens with zero attached hydrogens (tertiary/aromatic N) is 3. The predicted octanol–water partition coefficient (Wildman–Crippen LogP) is 1.58. The van der Waals surface area contributed by atoms with Gasteiger partial charge < -0.3 is 0 Å². The first-order chi connectivity index (χ1) is 11.4. The van der Waals surface area contributed by atoms with Crippen molar-refractivity contribution in [3.63, 3.8) is 0 Å². The van der Waals surface area contributed by atoms with Gasteiger partial charge in [-0.15, -0.1) is 5.10 Å². The quantitative estimate of drug-likeness (QED) is 0.795. The van der Waals surface area contributed by atoms with E-state index >= 15 is 0 Å². The van der Waals surface area contributed by atoms with Crippen molar-refractivity contribution in [2.24, 2.45) is 5.41 Å². The van der Waals surface area contributed by atoms with E-state index in [1.165, 1.54) is 4.90 Å². The molecule has 24 heavy (non-hydrogen) atoms. The lowest BCUT2D eigenvalue weighted by atomic mass is 9.84. The van der Waals surface area contributed by atoms with Gasteiger partial charge in [-0.05, 0) is 12.8 Å². The second-order valence-electron chi connectivity index (χ2n) is 7.01. The number of imide groups is 1. The fourth-order valence-electron chi connectivity index (χ4n) is 3.52. The van der Waals surface area contributed by atoms with Gasteiger partial charge in [0.25, 0.3) is 0 Å². The number of hydrogen-bond acceptors (Lipinski definition) is 5. The van der Waals surface area contributed by atoms with Crippen molar-refractivity contribution in [3.05, 3.63) is 5.82 Å². The number of aromatic nitrogens is 3. The van der Waals surface area contributed by atoms with Crippen LogP contribution in [0.1, 0.15) is 64.1 Å². The van der Waals surface area contributed by atoms with E-state index in [0.717, 1.165) is 25.7 Å². The third kappa shape index (κ3) is 3.05. The maximum Gasteiger partial charge on any atom is 0.248 e. The number of nitrogens with one attached hydrogen (secondary N) is 2. The first kappa shape index (κ1) is 16.6. The molecule has 3 amide bonds. The number of carbonyl (C=O) groups excluding carboxylic acids is 3. The monoisotopic (exact) mass is 333 g/mol. The van der Waals surface area contributed by atoms with E-state index in [2.05, 4.69) is 20.5 Å². The molecule has 0 radical (unpaired) electrons. The van der Waals surface area contributed by atoms with Crippen LogP contribution in [0.3, 0.4) is 0 Å². The number of aromatic amines is 1. The Labute approximate surface area is 140 Å². The Morgan fingerprint density at radius 3 is 2.67 bits per heavy atom. The minimum Gasteiger partial charge on any atom is -0.293 e. The second kappa shape index (κ2) is 6.33. The molecule has 1 aromatic heterocycles. The summed E-state index contributed by atoms with van der Waals surface area (Å²) in [5.41, 5.74) is -0.483. The minimum atomic E-state index is -0.483. The molecule has 0 aromatic carbocycles. The van der Waals surface area contributed by atoms with Gasteiger partial charge in [-0.2, -0.15) is 4.98 Å². The first-order valence-corrected chi connectivity index (χ1v) is 8.48. The van der Waals surface area contributed by atoms with Gasteiger partial charge >= 0.3 is 0 Å². The van der Waals surface area contributed by atoms with Crippen LogP contribution in [0, 0.1) is 5.41 Å². The average Bonchev–Trinajstić information content (AvgIpc) is 3.21. The van der Waals surface area contributed by atoms with Crippen LogP contribution in [0.2, 0.25) is 0 Å². The van der Waals surface area contributed by atoms with Crippen molar-refractivity contribution in [1.82, 2.24) is 20.1 Å². The van der Waals surface area contributed by atoms with Crippen LogP contribution in [0.25, 0.3) is 0 Å². The molecule has 1 saturated heterocycles. The molecule has 1 aromatic rings. The van der Waals surface area contributed by atoms with Crippen molar-refractivity contribution in [2.45, 2.75) is 58.3 Å². The van der Waals surface area contributed by atoms with Crippen molar-refractivity contribution >= 4 is 23.7 Å². The number of H-pyrrole nitrogens is 1. The van der Waals surface area contributed by atoms with E-state index in [4.69, 9.17) is 0 Å². The van der Waals surface area contributed by atoms with Crippen molar-refractivity contribution in [1.29, 1.82) is 0 Å². The zero-order chi connectivity index (χ0) is 17.3. The van der Waals surface area contributed by atoms with Crippen LogP contribution < -0.4 is 5.32 Å². The van der Waals surface area contributed by atoms with Crippen molar-refractivity contribution in [2.75, 3.05) is 11.9 Å². The first-order valence-electron chi connectivity index (χ1n) is 8.48. The minimum absolute atomic E-state index is 0.0547. The molecule has 0 atom stereocenters. The highest BCUT2D eigenvalue weighted by molar-refractivity contribution is 6.06. The fourth-order valence-corrected chi connectivity index (χ4v) is 3.52. The van der Waals surface area contributed by atoms with Gasteiger partial charge in [0, 0.05) is 25.3 Å². The summed E-state index contributed by atoms with van der Waals surface area (Å²) in [5.74, 6) is 0.531. The van der Waals surface area contributed by atoms with E-state index in [0.29, 0.717) is 12.2 Å². The number of anilines is 1. The zero-order valence-corrected chi connectivity index (χ0v) is 14.1. The summed E-state index contributed by atoms with van der Waals surface area (Å²) in [4.78, 5) is 42.1. The highest BCUT2D eigenvalue weighted by atomic mass is 16.2. The molecule has 130 valence electrons. The molecule has 1 saturated carbocycles. The highest BCUT2D eigenvalue weighted by Gasteiger charge is 2.52. The predicted molar refractivity (Wildman–Crippen MR) is 86.0 cm³/mol. The van der Waals surface area contributed by atoms with Crippen molar-refractivity contribution in [3.8, 4) is 0 Å². The van der Waals surface area contributed by atoms with E-state index in [-0.39, 0.29) is 42.6 Å².